The summed E-state index contributed by atoms with van der Waals surface area (Å²) in [6, 6.07) is 0. The first-order valence-electron chi connectivity index (χ1n) is 3.20. The highest BCUT2D eigenvalue weighted by atomic mass is 16.4. The van der Waals surface area contributed by atoms with Gasteiger partial charge in [0.1, 0.15) is 0 Å². The second kappa shape index (κ2) is 1.49. The van der Waals surface area contributed by atoms with Crippen molar-refractivity contribution in [2.45, 2.75) is 20.8 Å². The molecule has 0 amide bonds. The van der Waals surface area contributed by atoms with Crippen molar-refractivity contribution in [1.29, 1.82) is 0 Å². The van der Waals surface area contributed by atoms with Gasteiger partial charge in [0.25, 0.3) is 0 Å². The van der Waals surface area contributed by atoms with Crippen LogP contribution >= 0.6 is 0 Å². The lowest BCUT2D eigenvalue weighted by Crippen LogP contribution is -2.02. The highest BCUT2D eigenvalue weighted by Gasteiger charge is 2.59. The van der Waals surface area contributed by atoms with Crippen molar-refractivity contribution in [3.8, 4) is 0 Å². The largest absolute Gasteiger partial charge is 0.481 e. The van der Waals surface area contributed by atoms with E-state index in [0.29, 0.717) is 5.92 Å². The average molecular weight is 128 g/mol. The minimum atomic E-state index is -0.646. The van der Waals surface area contributed by atoms with Crippen LogP contribution in [0, 0.1) is 17.3 Å². The number of aliphatic carboxylic acids is 1. The Morgan fingerprint density at radius 2 is 1.89 bits per heavy atom. The molecule has 0 spiro atoms. The van der Waals surface area contributed by atoms with Crippen LogP contribution in [0.25, 0.3) is 0 Å². The number of hydrogen-bond donors (Lipinski definition) is 1. The first-order chi connectivity index (χ1) is 3.98. The van der Waals surface area contributed by atoms with E-state index >= 15 is 0 Å². The number of carbonyl (C=O) groups is 1. The van der Waals surface area contributed by atoms with Gasteiger partial charge in [0.2, 0.25) is 0 Å². The molecule has 0 heterocycles. The molecule has 0 aromatic carbocycles. The quantitative estimate of drug-likeness (QED) is 0.579. The molecule has 0 bridgehead atoms. The zero-order valence-corrected chi connectivity index (χ0v) is 6.01. The van der Waals surface area contributed by atoms with Gasteiger partial charge in [0, 0.05) is 0 Å². The molecule has 0 unspecified atom stereocenters. The summed E-state index contributed by atoms with van der Waals surface area (Å²) in [6.07, 6.45) is 0. The van der Waals surface area contributed by atoms with Crippen LogP contribution in [-0.4, -0.2) is 11.1 Å². The standard InChI is InChI=1S/C7H12O2/c1-4-5(6(8)9)7(4,2)3/h4-5H,1-3H3,(H,8,9)/t4-,5-/m0/s1. The minimum Gasteiger partial charge on any atom is -0.481 e. The van der Waals surface area contributed by atoms with Crippen molar-refractivity contribution < 1.29 is 9.90 Å². The molecule has 52 valence electrons. The Morgan fingerprint density at radius 1 is 1.56 bits per heavy atom. The van der Waals surface area contributed by atoms with Crippen molar-refractivity contribution in [2.24, 2.45) is 17.3 Å². The molecule has 1 fully saturated rings. The van der Waals surface area contributed by atoms with E-state index in [4.69, 9.17) is 5.11 Å². The van der Waals surface area contributed by atoms with Crippen LogP contribution in [-0.2, 0) is 4.79 Å². The molecule has 1 N–H and O–H groups in total. The lowest BCUT2D eigenvalue weighted by atomic mass is 10.1. The molecule has 2 atom stereocenters. The summed E-state index contributed by atoms with van der Waals surface area (Å²) >= 11 is 0. The van der Waals surface area contributed by atoms with Gasteiger partial charge in [0.05, 0.1) is 5.92 Å². The number of rotatable bonds is 1. The smallest absolute Gasteiger partial charge is 0.307 e. The summed E-state index contributed by atoms with van der Waals surface area (Å²) in [7, 11) is 0. The molecule has 0 aromatic rings. The van der Waals surface area contributed by atoms with Gasteiger partial charge in [-0.3, -0.25) is 4.79 Å². The van der Waals surface area contributed by atoms with Crippen LogP contribution in [0.5, 0.6) is 0 Å². The van der Waals surface area contributed by atoms with E-state index in [1.54, 1.807) is 0 Å². The summed E-state index contributed by atoms with van der Waals surface area (Å²) in [5.74, 6) is -0.389. The topological polar surface area (TPSA) is 37.3 Å². The Kier molecular flexibility index (Phi) is 1.09. The molecule has 0 aliphatic heterocycles. The third-order valence-corrected chi connectivity index (χ3v) is 2.63. The predicted molar refractivity (Wildman–Crippen MR) is 34.1 cm³/mol. The van der Waals surface area contributed by atoms with Gasteiger partial charge in [-0.1, -0.05) is 20.8 Å². The number of carboxylic acid groups (broad SMARTS) is 1. The molecule has 1 rings (SSSR count). The maximum atomic E-state index is 10.4. The lowest BCUT2D eigenvalue weighted by molar-refractivity contribution is -0.139. The Balaban J connectivity index is 2.62. The highest BCUT2D eigenvalue weighted by molar-refractivity contribution is 5.75. The van der Waals surface area contributed by atoms with Gasteiger partial charge in [-0.2, -0.15) is 0 Å². The van der Waals surface area contributed by atoms with E-state index in [0.717, 1.165) is 0 Å². The minimum absolute atomic E-state index is 0.0475. The van der Waals surface area contributed by atoms with Gasteiger partial charge in [0.15, 0.2) is 0 Å². The normalized spacial score (nSPS) is 38.1. The van der Waals surface area contributed by atoms with Crippen LogP contribution in [0.3, 0.4) is 0 Å². The first-order valence-corrected chi connectivity index (χ1v) is 3.20. The van der Waals surface area contributed by atoms with Crippen LogP contribution in [0.4, 0.5) is 0 Å². The monoisotopic (exact) mass is 128 g/mol. The maximum Gasteiger partial charge on any atom is 0.307 e. The molecule has 0 radical (unpaired) electrons. The van der Waals surface area contributed by atoms with E-state index in [2.05, 4.69) is 0 Å². The Labute approximate surface area is 54.9 Å². The molecule has 1 saturated carbocycles. The Bertz CT molecular complexity index is 149. The summed E-state index contributed by atoms with van der Waals surface area (Å²) in [4.78, 5) is 10.4. The average Bonchev–Trinajstić information content (AvgIpc) is 2.07. The van der Waals surface area contributed by atoms with Gasteiger partial charge in [-0.05, 0) is 11.3 Å². The van der Waals surface area contributed by atoms with E-state index in [1.807, 2.05) is 20.8 Å². The van der Waals surface area contributed by atoms with Crippen LogP contribution in [0.15, 0.2) is 0 Å². The fourth-order valence-corrected chi connectivity index (χ4v) is 1.43. The predicted octanol–water partition coefficient (Wildman–Crippen LogP) is 1.36. The molecule has 1 aliphatic carbocycles. The SMILES string of the molecule is C[C@H]1[C@@H](C(=O)O)C1(C)C. The molecule has 2 nitrogen and oxygen atoms in total. The third kappa shape index (κ3) is 0.732. The van der Waals surface area contributed by atoms with Crippen molar-refractivity contribution in [3.63, 3.8) is 0 Å². The van der Waals surface area contributed by atoms with Crippen molar-refractivity contribution in [2.75, 3.05) is 0 Å². The second-order valence-electron chi connectivity index (χ2n) is 3.43. The van der Waals surface area contributed by atoms with E-state index in [9.17, 15) is 4.79 Å². The number of carboxylic acids is 1. The van der Waals surface area contributed by atoms with Crippen molar-refractivity contribution in [1.82, 2.24) is 0 Å². The zero-order chi connectivity index (χ0) is 7.23. The summed E-state index contributed by atoms with van der Waals surface area (Å²) in [5.41, 5.74) is 0.0475. The molecule has 1 aliphatic rings. The molecule has 2 heteroatoms. The molecular weight excluding hydrogens is 116 g/mol. The van der Waals surface area contributed by atoms with Gasteiger partial charge < -0.3 is 5.11 Å². The fraction of sp³-hybridized carbons (Fsp3) is 0.857. The van der Waals surface area contributed by atoms with E-state index in [1.165, 1.54) is 0 Å². The van der Waals surface area contributed by atoms with Crippen LogP contribution in [0.2, 0.25) is 0 Å². The van der Waals surface area contributed by atoms with E-state index < -0.39 is 5.97 Å². The molecule has 0 aromatic heterocycles. The maximum absolute atomic E-state index is 10.4. The summed E-state index contributed by atoms with van der Waals surface area (Å²) in [6.45, 7) is 5.98. The Morgan fingerprint density at radius 3 is 1.89 bits per heavy atom. The van der Waals surface area contributed by atoms with Gasteiger partial charge in [-0.15, -0.1) is 0 Å². The van der Waals surface area contributed by atoms with Gasteiger partial charge in [-0.25, -0.2) is 0 Å². The highest BCUT2D eigenvalue weighted by Crippen LogP contribution is 2.57. The first kappa shape index (κ1) is 6.59. The van der Waals surface area contributed by atoms with Crippen LogP contribution < -0.4 is 0 Å². The lowest BCUT2D eigenvalue weighted by Gasteiger charge is -1.95. The van der Waals surface area contributed by atoms with Crippen LogP contribution in [0.1, 0.15) is 20.8 Å². The third-order valence-electron chi connectivity index (χ3n) is 2.63. The Hall–Kier alpha value is -0.530. The summed E-state index contributed by atoms with van der Waals surface area (Å²) in [5, 5.41) is 8.56. The van der Waals surface area contributed by atoms with Crippen molar-refractivity contribution >= 4 is 5.97 Å². The summed E-state index contributed by atoms with van der Waals surface area (Å²) < 4.78 is 0. The van der Waals surface area contributed by atoms with E-state index in [-0.39, 0.29) is 11.3 Å². The molecular formula is C7H12O2. The second-order valence-corrected chi connectivity index (χ2v) is 3.43. The van der Waals surface area contributed by atoms with Crippen molar-refractivity contribution in [3.05, 3.63) is 0 Å². The fourth-order valence-electron chi connectivity index (χ4n) is 1.43. The number of hydrogen-bond acceptors (Lipinski definition) is 1. The molecule has 0 saturated heterocycles. The molecule has 9 heavy (non-hydrogen) atoms. The van der Waals surface area contributed by atoms with Gasteiger partial charge >= 0.3 is 5.97 Å². The zero-order valence-electron chi connectivity index (χ0n) is 6.01.